The summed E-state index contributed by atoms with van der Waals surface area (Å²) in [5, 5.41) is 3.66. The molecule has 142 valence electrons. The van der Waals surface area contributed by atoms with Gasteiger partial charge in [-0.15, -0.1) is 0 Å². The Morgan fingerprint density at radius 1 is 0.828 bits per heavy atom. The molecule has 0 aliphatic rings. The van der Waals surface area contributed by atoms with Crippen molar-refractivity contribution in [1.82, 2.24) is 4.98 Å². The van der Waals surface area contributed by atoms with Crippen molar-refractivity contribution in [1.29, 1.82) is 0 Å². The van der Waals surface area contributed by atoms with E-state index in [1.54, 1.807) is 0 Å². The van der Waals surface area contributed by atoms with Gasteiger partial charge in [0.15, 0.2) is 12.4 Å². The summed E-state index contributed by atoms with van der Waals surface area (Å²) in [5.41, 5.74) is 5.50. The van der Waals surface area contributed by atoms with Crippen LogP contribution < -0.4 is 28.5 Å². The summed E-state index contributed by atoms with van der Waals surface area (Å²) in [4.78, 5) is 5.02. The Hall–Kier alpha value is -2.31. The molecule has 0 radical (unpaired) electrons. The van der Waals surface area contributed by atoms with Crippen molar-refractivity contribution in [3.05, 3.63) is 95.7 Å². The molecule has 0 saturated heterocycles. The monoisotopic (exact) mass is 552 g/mol. The van der Waals surface area contributed by atoms with Crippen molar-refractivity contribution in [2.75, 3.05) is 0 Å². The average Bonchev–Trinajstić information content (AvgIpc) is 2.73. The SMILES string of the molecule is C[n+]1cccc(-c2cc(-c3ccc(Br)cc3)c3c(ccc4ccccc43)n2)c1.[I-]. The van der Waals surface area contributed by atoms with Crippen LogP contribution in [0.3, 0.4) is 0 Å². The van der Waals surface area contributed by atoms with Crippen LogP contribution in [-0.2, 0) is 7.05 Å². The van der Waals surface area contributed by atoms with Gasteiger partial charge in [-0.05, 0) is 52.2 Å². The number of nitrogens with zero attached hydrogens (tertiary/aromatic N) is 2. The van der Waals surface area contributed by atoms with Crippen molar-refractivity contribution in [2.24, 2.45) is 7.05 Å². The molecule has 0 atom stereocenters. The number of fused-ring (bicyclic) bond motifs is 3. The summed E-state index contributed by atoms with van der Waals surface area (Å²) in [6.45, 7) is 0. The van der Waals surface area contributed by atoms with Gasteiger partial charge in [0, 0.05) is 15.9 Å². The fourth-order valence-electron chi connectivity index (χ4n) is 3.75. The van der Waals surface area contributed by atoms with Gasteiger partial charge in [-0.25, -0.2) is 9.55 Å². The minimum Gasteiger partial charge on any atom is -1.00 e. The van der Waals surface area contributed by atoms with Gasteiger partial charge in [-0.1, -0.05) is 58.4 Å². The molecule has 2 aromatic heterocycles. The van der Waals surface area contributed by atoms with E-state index in [2.05, 4.69) is 106 Å². The predicted octanol–water partition coefficient (Wildman–Crippen LogP) is 3.31. The fraction of sp³-hybridized carbons (Fsp3) is 0.0400. The van der Waals surface area contributed by atoms with Crippen molar-refractivity contribution < 1.29 is 28.5 Å². The van der Waals surface area contributed by atoms with Crippen LogP contribution >= 0.6 is 15.9 Å². The third-order valence-corrected chi connectivity index (χ3v) is 5.62. The normalized spacial score (nSPS) is 10.8. The number of rotatable bonds is 2. The molecule has 0 aliphatic heterocycles. The van der Waals surface area contributed by atoms with Crippen LogP contribution in [-0.4, -0.2) is 4.98 Å². The summed E-state index contributed by atoms with van der Waals surface area (Å²) in [7, 11) is 2.04. The highest BCUT2D eigenvalue weighted by molar-refractivity contribution is 9.10. The number of hydrogen-bond donors (Lipinski definition) is 0. The van der Waals surface area contributed by atoms with E-state index >= 15 is 0 Å². The molecule has 0 saturated carbocycles. The lowest BCUT2D eigenvalue weighted by atomic mass is 9.95. The molecule has 4 heteroatoms. The molecule has 5 aromatic rings. The molecule has 0 spiro atoms. The van der Waals surface area contributed by atoms with Gasteiger partial charge in [0.05, 0.1) is 16.8 Å². The van der Waals surface area contributed by atoms with E-state index in [1.165, 1.54) is 27.3 Å². The molecule has 0 amide bonds. The van der Waals surface area contributed by atoms with E-state index < -0.39 is 0 Å². The topological polar surface area (TPSA) is 16.8 Å². The molecule has 0 aliphatic carbocycles. The van der Waals surface area contributed by atoms with Gasteiger partial charge in [-0.3, -0.25) is 0 Å². The number of hydrogen-bond acceptors (Lipinski definition) is 1. The highest BCUT2D eigenvalue weighted by atomic mass is 127. The smallest absolute Gasteiger partial charge is 0.177 e. The highest BCUT2D eigenvalue weighted by Crippen LogP contribution is 2.36. The van der Waals surface area contributed by atoms with E-state index in [0.717, 1.165) is 21.2 Å². The maximum atomic E-state index is 5.02. The largest absolute Gasteiger partial charge is 1.00 e. The molecule has 29 heavy (non-hydrogen) atoms. The Morgan fingerprint density at radius 3 is 2.41 bits per heavy atom. The molecule has 0 N–H and O–H groups in total. The van der Waals surface area contributed by atoms with Crippen LogP contribution in [0.1, 0.15) is 0 Å². The lowest BCUT2D eigenvalue weighted by Gasteiger charge is -2.12. The van der Waals surface area contributed by atoms with Gasteiger partial charge in [0.25, 0.3) is 0 Å². The Morgan fingerprint density at radius 2 is 1.62 bits per heavy atom. The molecule has 3 aromatic carbocycles. The molecule has 0 unspecified atom stereocenters. The number of benzene rings is 3. The van der Waals surface area contributed by atoms with Crippen LogP contribution in [0.5, 0.6) is 0 Å². The summed E-state index contributed by atoms with van der Waals surface area (Å²) >= 11 is 3.55. The van der Waals surface area contributed by atoms with Crippen molar-refractivity contribution in [3.63, 3.8) is 0 Å². The lowest BCUT2D eigenvalue weighted by Crippen LogP contribution is -3.00. The lowest BCUT2D eigenvalue weighted by molar-refractivity contribution is -0.671. The zero-order chi connectivity index (χ0) is 19.1. The predicted molar refractivity (Wildman–Crippen MR) is 119 cm³/mol. The fourth-order valence-corrected chi connectivity index (χ4v) is 4.02. The summed E-state index contributed by atoms with van der Waals surface area (Å²) in [5.74, 6) is 0. The Balaban J connectivity index is 0.00000205. The average molecular weight is 553 g/mol. The minimum atomic E-state index is 0. The van der Waals surface area contributed by atoms with E-state index in [-0.39, 0.29) is 24.0 Å². The standard InChI is InChI=1S/C25H18BrN2.HI/c1-28-14-4-6-19(16-28)24-15-22(18-8-11-20(26)12-9-18)25-21-7-3-2-5-17(21)10-13-23(25)27-24;/h2-16H,1H3;1H/q+1;/p-1. The minimum absolute atomic E-state index is 0. The van der Waals surface area contributed by atoms with Gasteiger partial charge in [0.1, 0.15) is 7.05 Å². The maximum absolute atomic E-state index is 5.02. The van der Waals surface area contributed by atoms with E-state index in [1.807, 2.05) is 13.2 Å². The number of aryl methyl sites for hydroxylation is 1. The first-order valence-electron chi connectivity index (χ1n) is 9.23. The molecular formula is C25H18BrIN2. The summed E-state index contributed by atoms with van der Waals surface area (Å²) < 4.78 is 3.13. The molecule has 2 heterocycles. The maximum Gasteiger partial charge on any atom is 0.177 e. The zero-order valence-corrected chi connectivity index (χ0v) is 19.6. The van der Waals surface area contributed by atoms with E-state index in [9.17, 15) is 0 Å². The zero-order valence-electron chi connectivity index (χ0n) is 15.8. The molecular weight excluding hydrogens is 535 g/mol. The molecule has 5 rings (SSSR count). The quantitative estimate of drug-likeness (QED) is 0.186. The third-order valence-electron chi connectivity index (χ3n) is 5.09. The second-order valence-corrected chi connectivity index (χ2v) is 7.92. The number of pyridine rings is 2. The van der Waals surface area contributed by atoms with E-state index in [0.29, 0.717) is 0 Å². The number of halogens is 2. The first kappa shape index (κ1) is 20.0. The molecule has 2 nitrogen and oxygen atoms in total. The molecule has 0 fully saturated rings. The van der Waals surface area contributed by atoms with Crippen molar-refractivity contribution >= 4 is 37.6 Å². The first-order chi connectivity index (χ1) is 13.7. The Labute approximate surface area is 195 Å². The first-order valence-corrected chi connectivity index (χ1v) is 10.0. The third kappa shape index (κ3) is 3.79. The van der Waals surface area contributed by atoms with Gasteiger partial charge < -0.3 is 24.0 Å². The van der Waals surface area contributed by atoms with Crippen LogP contribution in [0.15, 0.2) is 95.7 Å². The van der Waals surface area contributed by atoms with Crippen molar-refractivity contribution in [2.45, 2.75) is 0 Å². The van der Waals surface area contributed by atoms with Crippen LogP contribution in [0, 0.1) is 0 Å². The second-order valence-electron chi connectivity index (χ2n) is 7.00. The van der Waals surface area contributed by atoms with Gasteiger partial charge in [-0.2, -0.15) is 0 Å². The van der Waals surface area contributed by atoms with E-state index in [4.69, 9.17) is 4.98 Å². The van der Waals surface area contributed by atoms with Crippen LogP contribution in [0.25, 0.3) is 44.1 Å². The van der Waals surface area contributed by atoms with Gasteiger partial charge in [0.2, 0.25) is 0 Å². The number of aromatic nitrogens is 2. The summed E-state index contributed by atoms with van der Waals surface area (Å²) in [6, 6.07) is 27.7. The highest BCUT2D eigenvalue weighted by Gasteiger charge is 2.13. The Bertz CT molecular complexity index is 1330. The Kier molecular flexibility index (Phi) is 5.65. The van der Waals surface area contributed by atoms with Crippen molar-refractivity contribution in [3.8, 4) is 22.4 Å². The van der Waals surface area contributed by atoms with Crippen LogP contribution in [0.2, 0.25) is 0 Å². The van der Waals surface area contributed by atoms with Gasteiger partial charge >= 0.3 is 0 Å². The van der Waals surface area contributed by atoms with Crippen LogP contribution in [0.4, 0.5) is 0 Å². The second kappa shape index (κ2) is 8.20. The molecule has 0 bridgehead atoms. The summed E-state index contributed by atoms with van der Waals surface area (Å²) in [6.07, 6.45) is 4.15.